The Morgan fingerprint density at radius 1 is 1.00 bits per heavy atom. The number of rotatable bonds is 6. The summed E-state index contributed by atoms with van der Waals surface area (Å²) in [6.45, 7) is 0.502. The normalized spacial score (nSPS) is 11.3. The van der Waals surface area contributed by atoms with Crippen LogP contribution in [-0.4, -0.2) is 25.3 Å². The van der Waals surface area contributed by atoms with Gasteiger partial charge in [-0.3, -0.25) is 4.84 Å². The van der Waals surface area contributed by atoms with Gasteiger partial charge in [0.25, 0.3) is 0 Å². The van der Waals surface area contributed by atoms with Crippen molar-refractivity contribution in [2.45, 2.75) is 19.4 Å². The molecule has 0 heterocycles. The van der Waals surface area contributed by atoms with Crippen molar-refractivity contribution in [2.75, 3.05) is 19.5 Å². The van der Waals surface area contributed by atoms with Gasteiger partial charge >= 0.3 is 12.2 Å². The number of halogens is 3. The lowest BCUT2D eigenvalue weighted by Crippen LogP contribution is -2.30. The maximum atomic E-state index is 12.5. The van der Waals surface area contributed by atoms with E-state index in [0.717, 1.165) is 22.8 Å². The maximum absolute atomic E-state index is 12.5. The molecule has 2 amide bonds. The predicted octanol–water partition coefficient (Wildman–Crippen LogP) is 4.45. The molecule has 0 aliphatic heterocycles. The van der Waals surface area contributed by atoms with Crippen molar-refractivity contribution in [1.29, 1.82) is 0 Å². The van der Waals surface area contributed by atoms with Gasteiger partial charge in [0.1, 0.15) is 0 Å². The van der Waals surface area contributed by atoms with E-state index in [1.807, 2.05) is 0 Å². The number of hydrogen-bond donors (Lipinski definition) is 1. The van der Waals surface area contributed by atoms with Crippen molar-refractivity contribution in [1.82, 2.24) is 5.06 Å². The topological polar surface area (TPSA) is 50.8 Å². The Labute approximate surface area is 149 Å². The van der Waals surface area contributed by atoms with Gasteiger partial charge in [0.15, 0.2) is 0 Å². The Morgan fingerprint density at radius 2 is 1.50 bits per heavy atom. The quantitative estimate of drug-likeness (QED) is 0.767. The standard InChI is InChI=1S/C18H19F3N2O3/c1-23(25-2)17(24)22-16-9-5-14(6-10-16)12-26-11-13-3-7-15(8-4-13)18(19,20)21/h3-10H,11-12H2,1-2H3,(H,22,24). The molecule has 0 bridgehead atoms. The third kappa shape index (κ3) is 5.75. The van der Waals surface area contributed by atoms with E-state index in [4.69, 9.17) is 9.57 Å². The van der Waals surface area contributed by atoms with Gasteiger partial charge in [0.2, 0.25) is 0 Å². The van der Waals surface area contributed by atoms with Gasteiger partial charge in [-0.2, -0.15) is 13.2 Å². The minimum atomic E-state index is -4.34. The lowest BCUT2D eigenvalue weighted by molar-refractivity contribution is -0.137. The average molecular weight is 368 g/mol. The predicted molar refractivity (Wildman–Crippen MR) is 90.2 cm³/mol. The van der Waals surface area contributed by atoms with Crippen molar-refractivity contribution >= 4 is 11.7 Å². The first-order chi connectivity index (χ1) is 12.3. The number of urea groups is 1. The molecular weight excluding hydrogens is 349 g/mol. The highest BCUT2D eigenvalue weighted by atomic mass is 19.4. The van der Waals surface area contributed by atoms with Crippen LogP contribution in [0.25, 0.3) is 0 Å². The van der Waals surface area contributed by atoms with E-state index in [0.29, 0.717) is 17.9 Å². The highest BCUT2D eigenvalue weighted by Crippen LogP contribution is 2.29. The molecule has 26 heavy (non-hydrogen) atoms. The van der Waals surface area contributed by atoms with Gasteiger partial charge < -0.3 is 10.1 Å². The number of nitrogens with one attached hydrogen (secondary N) is 1. The van der Waals surface area contributed by atoms with E-state index in [1.165, 1.54) is 26.3 Å². The van der Waals surface area contributed by atoms with Crippen molar-refractivity contribution in [2.24, 2.45) is 0 Å². The molecule has 0 unspecified atom stereocenters. The molecule has 0 aliphatic carbocycles. The molecule has 140 valence electrons. The second kappa shape index (κ2) is 8.68. The molecule has 2 aromatic carbocycles. The third-order valence-corrected chi connectivity index (χ3v) is 3.58. The lowest BCUT2D eigenvalue weighted by Gasteiger charge is -2.14. The molecule has 0 aliphatic rings. The first kappa shape index (κ1) is 19.7. The zero-order valence-corrected chi connectivity index (χ0v) is 14.3. The van der Waals surface area contributed by atoms with E-state index in [1.54, 1.807) is 24.3 Å². The van der Waals surface area contributed by atoms with Crippen LogP contribution in [0.4, 0.5) is 23.7 Å². The lowest BCUT2D eigenvalue weighted by atomic mass is 10.1. The number of ether oxygens (including phenoxy) is 1. The van der Waals surface area contributed by atoms with Crippen LogP contribution >= 0.6 is 0 Å². The van der Waals surface area contributed by atoms with Crippen LogP contribution in [0.1, 0.15) is 16.7 Å². The fourth-order valence-corrected chi connectivity index (χ4v) is 2.05. The molecule has 2 rings (SSSR count). The highest BCUT2D eigenvalue weighted by Gasteiger charge is 2.29. The fraction of sp³-hybridized carbons (Fsp3) is 0.278. The van der Waals surface area contributed by atoms with Gasteiger partial charge in [0, 0.05) is 12.7 Å². The largest absolute Gasteiger partial charge is 0.416 e. The first-order valence-electron chi connectivity index (χ1n) is 7.71. The molecule has 0 fully saturated rings. The summed E-state index contributed by atoms with van der Waals surface area (Å²) in [5.41, 5.74) is 1.45. The van der Waals surface area contributed by atoms with Gasteiger partial charge in [-0.25, -0.2) is 9.86 Å². The molecule has 0 spiro atoms. The average Bonchev–Trinajstić information content (AvgIpc) is 2.62. The van der Waals surface area contributed by atoms with Crippen LogP contribution in [0.5, 0.6) is 0 Å². The number of anilines is 1. The van der Waals surface area contributed by atoms with E-state index < -0.39 is 17.8 Å². The zero-order valence-electron chi connectivity index (χ0n) is 14.3. The Balaban J connectivity index is 1.82. The molecule has 1 N–H and O–H groups in total. The first-order valence-corrected chi connectivity index (χ1v) is 7.71. The molecule has 2 aromatic rings. The summed E-state index contributed by atoms with van der Waals surface area (Å²) in [7, 11) is 2.87. The molecule has 0 saturated carbocycles. The smallest absolute Gasteiger partial charge is 0.372 e. The van der Waals surface area contributed by atoms with Crippen LogP contribution in [0.15, 0.2) is 48.5 Å². The number of benzene rings is 2. The summed E-state index contributed by atoms with van der Waals surface area (Å²) in [5, 5.41) is 3.71. The zero-order chi connectivity index (χ0) is 19.2. The molecule has 0 atom stereocenters. The third-order valence-electron chi connectivity index (χ3n) is 3.58. The summed E-state index contributed by atoms with van der Waals surface area (Å²) in [6.07, 6.45) is -4.34. The van der Waals surface area contributed by atoms with Crippen LogP contribution in [0, 0.1) is 0 Å². The minimum absolute atomic E-state index is 0.204. The highest BCUT2D eigenvalue weighted by molar-refractivity contribution is 5.88. The summed E-state index contributed by atoms with van der Waals surface area (Å²) < 4.78 is 43.0. The summed E-state index contributed by atoms with van der Waals surface area (Å²) in [6, 6.07) is 11.5. The molecule has 0 radical (unpaired) electrons. The Morgan fingerprint density at radius 3 is 1.96 bits per heavy atom. The van der Waals surface area contributed by atoms with Crippen LogP contribution in [0.3, 0.4) is 0 Å². The second-order valence-electron chi connectivity index (χ2n) is 5.49. The number of hydroxylamine groups is 2. The van der Waals surface area contributed by atoms with Crippen LogP contribution in [-0.2, 0) is 29.0 Å². The molecule has 0 saturated heterocycles. The van der Waals surface area contributed by atoms with Crippen LogP contribution in [0.2, 0.25) is 0 Å². The van der Waals surface area contributed by atoms with Gasteiger partial charge in [-0.15, -0.1) is 0 Å². The Bertz CT molecular complexity index is 716. The number of carbonyl (C=O) groups excluding carboxylic acids is 1. The van der Waals surface area contributed by atoms with Gasteiger partial charge in [-0.05, 0) is 35.4 Å². The summed E-state index contributed by atoms with van der Waals surface area (Å²) >= 11 is 0. The monoisotopic (exact) mass is 368 g/mol. The van der Waals surface area contributed by atoms with Crippen molar-refractivity contribution in [3.8, 4) is 0 Å². The second-order valence-corrected chi connectivity index (χ2v) is 5.49. The number of carbonyl (C=O) groups is 1. The van der Waals surface area contributed by atoms with Crippen molar-refractivity contribution < 1.29 is 27.5 Å². The van der Waals surface area contributed by atoms with E-state index in [-0.39, 0.29) is 6.61 Å². The summed E-state index contributed by atoms with van der Waals surface area (Å²) in [5.74, 6) is 0. The van der Waals surface area contributed by atoms with E-state index in [2.05, 4.69) is 5.32 Å². The molecule has 8 heteroatoms. The molecule has 0 aromatic heterocycles. The maximum Gasteiger partial charge on any atom is 0.416 e. The molecular formula is C18H19F3N2O3. The van der Waals surface area contributed by atoms with Gasteiger partial charge in [0.05, 0.1) is 25.9 Å². The number of amides is 2. The minimum Gasteiger partial charge on any atom is -0.372 e. The van der Waals surface area contributed by atoms with E-state index >= 15 is 0 Å². The van der Waals surface area contributed by atoms with Crippen LogP contribution < -0.4 is 5.32 Å². The van der Waals surface area contributed by atoms with Crippen molar-refractivity contribution in [3.63, 3.8) is 0 Å². The number of alkyl halides is 3. The fourth-order valence-electron chi connectivity index (χ4n) is 2.05. The number of hydrogen-bond acceptors (Lipinski definition) is 3. The van der Waals surface area contributed by atoms with Crippen molar-refractivity contribution in [3.05, 3.63) is 65.2 Å². The SMILES string of the molecule is CON(C)C(=O)Nc1ccc(COCc2ccc(C(F)(F)F)cc2)cc1. The Kier molecular flexibility index (Phi) is 6.59. The number of nitrogens with zero attached hydrogens (tertiary/aromatic N) is 1. The van der Waals surface area contributed by atoms with E-state index in [9.17, 15) is 18.0 Å². The molecule has 5 nitrogen and oxygen atoms in total. The van der Waals surface area contributed by atoms with Gasteiger partial charge in [-0.1, -0.05) is 24.3 Å². The summed E-state index contributed by atoms with van der Waals surface area (Å²) in [4.78, 5) is 16.4. The Hall–Kier alpha value is -2.58.